The zero-order chi connectivity index (χ0) is 20.0. The Morgan fingerprint density at radius 1 is 1.26 bits per heavy atom. The molecule has 1 amide bonds. The van der Waals surface area contributed by atoms with Crippen molar-refractivity contribution in [1.29, 1.82) is 0 Å². The summed E-state index contributed by atoms with van der Waals surface area (Å²) in [7, 11) is 0. The number of carbonyl (C=O) groups excluding carboxylic acids is 1. The molecule has 1 aliphatic heterocycles. The average molecular weight is 416 g/mol. The molecular formula is C19H23Cl2NO5. The highest BCUT2D eigenvalue weighted by Crippen LogP contribution is 2.69. The van der Waals surface area contributed by atoms with Gasteiger partial charge in [-0.1, -0.05) is 29.3 Å². The Kier molecular flexibility index (Phi) is 5.02. The van der Waals surface area contributed by atoms with Crippen LogP contribution >= 0.6 is 23.2 Å². The number of nitrogens with zero attached hydrogens (tertiary/aromatic N) is 1. The number of piperidine rings is 1. The molecular weight excluding hydrogens is 393 g/mol. The molecule has 2 atom stereocenters. The first-order valence-electron chi connectivity index (χ1n) is 8.77. The van der Waals surface area contributed by atoms with Crippen LogP contribution in [-0.4, -0.2) is 47.6 Å². The van der Waals surface area contributed by atoms with Gasteiger partial charge >= 0.3 is 12.2 Å². The maximum atomic E-state index is 12.0. The van der Waals surface area contributed by atoms with Crippen molar-refractivity contribution in [2.45, 2.75) is 44.6 Å². The van der Waals surface area contributed by atoms with Crippen molar-refractivity contribution < 1.29 is 24.2 Å². The fraction of sp³-hybridized carbons (Fsp3) is 0.579. The molecule has 8 heteroatoms. The minimum absolute atomic E-state index is 0.0892. The summed E-state index contributed by atoms with van der Waals surface area (Å²) < 4.78 is 10.6. The third-order valence-electron chi connectivity index (χ3n) is 5.43. The topological polar surface area (TPSA) is 76.1 Å². The standard InChI is InChI=1S/C19H23Cl2NO5/c1-17(2,3)27-16(25)26-11-18-9-19(18,6-7-22(10-18)15(23)24)12-4-5-13(20)14(21)8-12/h4-5,8H,6-7,9-11H2,1-3H3,(H,23,24)/t18-,19-/m1/s1. The summed E-state index contributed by atoms with van der Waals surface area (Å²) >= 11 is 12.2. The molecule has 0 bridgehead atoms. The number of carboxylic acid groups (broad SMARTS) is 1. The van der Waals surface area contributed by atoms with Gasteiger partial charge in [0.15, 0.2) is 0 Å². The molecule has 1 aromatic carbocycles. The van der Waals surface area contributed by atoms with E-state index < -0.39 is 23.3 Å². The number of hydrogen-bond acceptors (Lipinski definition) is 4. The number of carbonyl (C=O) groups is 2. The van der Waals surface area contributed by atoms with Crippen LogP contribution in [0.3, 0.4) is 0 Å². The van der Waals surface area contributed by atoms with Crippen LogP contribution in [0.2, 0.25) is 10.0 Å². The van der Waals surface area contributed by atoms with Crippen LogP contribution in [0.5, 0.6) is 0 Å². The highest BCUT2D eigenvalue weighted by molar-refractivity contribution is 6.42. The molecule has 0 unspecified atom stereocenters. The van der Waals surface area contributed by atoms with E-state index in [1.54, 1.807) is 26.8 Å². The summed E-state index contributed by atoms with van der Waals surface area (Å²) in [4.78, 5) is 24.9. The van der Waals surface area contributed by atoms with E-state index in [0.717, 1.165) is 5.56 Å². The smallest absolute Gasteiger partial charge is 0.465 e. The molecule has 1 aliphatic carbocycles. The van der Waals surface area contributed by atoms with Crippen molar-refractivity contribution in [2.75, 3.05) is 19.7 Å². The molecule has 1 saturated carbocycles. The molecule has 0 spiro atoms. The summed E-state index contributed by atoms with van der Waals surface area (Å²) in [6, 6.07) is 5.49. The molecule has 27 heavy (non-hydrogen) atoms. The first kappa shape index (κ1) is 20.1. The van der Waals surface area contributed by atoms with Gasteiger partial charge in [-0.2, -0.15) is 0 Å². The van der Waals surface area contributed by atoms with Gasteiger partial charge in [0.2, 0.25) is 0 Å². The van der Waals surface area contributed by atoms with E-state index in [-0.39, 0.29) is 12.0 Å². The Labute approximate surface area is 168 Å². The first-order chi connectivity index (χ1) is 12.5. The lowest BCUT2D eigenvalue weighted by atomic mass is 9.80. The van der Waals surface area contributed by atoms with E-state index in [2.05, 4.69) is 0 Å². The quantitative estimate of drug-likeness (QED) is 0.706. The predicted molar refractivity (Wildman–Crippen MR) is 102 cm³/mol. The van der Waals surface area contributed by atoms with E-state index in [1.165, 1.54) is 4.90 Å². The summed E-state index contributed by atoms with van der Waals surface area (Å²) in [5.41, 5.74) is -0.430. The van der Waals surface area contributed by atoms with Crippen LogP contribution in [-0.2, 0) is 14.9 Å². The Morgan fingerprint density at radius 3 is 2.56 bits per heavy atom. The number of likely N-dealkylation sites (tertiary alicyclic amines) is 1. The fourth-order valence-electron chi connectivity index (χ4n) is 4.09. The van der Waals surface area contributed by atoms with Gasteiger partial charge in [-0.05, 0) is 51.3 Å². The van der Waals surface area contributed by atoms with Gasteiger partial charge < -0.3 is 19.5 Å². The number of halogens is 2. The Balaban J connectivity index is 1.83. The monoisotopic (exact) mass is 415 g/mol. The summed E-state index contributed by atoms with van der Waals surface area (Å²) in [5.74, 6) is 0. The van der Waals surface area contributed by atoms with E-state index >= 15 is 0 Å². The number of benzene rings is 1. The second-order valence-electron chi connectivity index (χ2n) is 8.38. The number of rotatable bonds is 3. The molecule has 1 saturated heterocycles. The SMILES string of the molecule is CC(C)(C)OC(=O)OC[C@@]12CN(C(=O)O)CC[C@]1(c1ccc(Cl)c(Cl)c1)C2. The molecule has 1 aromatic rings. The molecule has 148 valence electrons. The second kappa shape index (κ2) is 6.74. The normalized spacial score (nSPS) is 26.9. The third kappa shape index (κ3) is 3.83. The minimum Gasteiger partial charge on any atom is -0.465 e. The Bertz CT molecular complexity index is 778. The lowest BCUT2D eigenvalue weighted by molar-refractivity contribution is -0.0219. The second-order valence-corrected chi connectivity index (χ2v) is 9.19. The molecule has 2 fully saturated rings. The lowest BCUT2D eigenvalue weighted by Crippen LogP contribution is -2.46. The van der Waals surface area contributed by atoms with Gasteiger partial charge in [-0.3, -0.25) is 0 Å². The van der Waals surface area contributed by atoms with Crippen LogP contribution in [0.25, 0.3) is 0 Å². The fourth-order valence-corrected chi connectivity index (χ4v) is 4.38. The maximum absolute atomic E-state index is 12.0. The van der Waals surface area contributed by atoms with E-state index in [0.29, 0.717) is 36.0 Å². The average Bonchev–Trinajstić information content (AvgIpc) is 3.23. The molecule has 3 rings (SSSR count). The molecule has 1 heterocycles. The zero-order valence-corrected chi connectivity index (χ0v) is 17.1. The summed E-state index contributed by atoms with van der Waals surface area (Å²) in [5, 5.41) is 10.3. The van der Waals surface area contributed by atoms with Gasteiger partial charge in [-0.25, -0.2) is 9.59 Å². The number of amides is 1. The predicted octanol–water partition coefficient (Wildman–Crippen LogP) is 4.96. The van der Waals surface area contributed by atoms with Gasteiger partial charge in [0.25, 0.3) is 0 Å². The highest BCUT2D eigenvalue weighted by atomic mass is 35.5. The summed E-state index contributed by atoms with van der Waals surface area (Å²) in [6.07, 6.45) is -0.375. The van der Waals surface area contributed by atoms with Gasteiger partial charge in [0.1, 0.15) is 12.2 Å². The number of hydrogen-bond donors (Lipinski definition) is 1. The number of ether oxygens (including phenoxy) is 2. The Morgan fingerprint density at radius 2 is 1.96 bits per heavy atom. The lowest BCUT2D eigenvalue weighted by Gasteiger charge is -2.36. The molecule has 6 nitrogen and oxygen atoms in total. The molecule has 0 radical (unpaired) electrons. The van der Waals surface area contributed by atoms with Crippen LogP contribution in [0.15, 0.2) is 18.2 Å². The van der Waals surface area contributed by atoms with Crippen molar-refractivity contribution in [3.8, 4) is 0 Å². The number of fused-ring (bicyclic) bond motifs is 1. The van der Waals surface area contributed by atoms with Gasteiger partial charge in [0.05, 0.1) is 10.0 Å². The van der Waals surface area contributed by atoms with Crippen molar-refractivity contribution in [3.63, 3.8) is 0 Å². The van der Waals surface area contributed by atoms with Crippen LogP contribution in [0.1, 0.15) is 39.2 Å². The van der Waals surface area contributed by atoms with Crippen molar-refractivity contribution in [1.82, 2.24) is 4.90 Å². The maximum Gasteiger partial charge on any atom is 0.508 e. The van der Waals surface area contributed by atoms with E-state index in [1.807, 2.05) is 12.1 Å². The van der Waals surface area contributed by atoms with E-state index in [4.69, 9.17) is 32.7 Å². The van der Waals surface area contributed by atoms with Gasteiger partial charge in [-0.15, -0.1) is 0 Å². The third-order valence-corrected chi connectivity index (χ3v) is 6.17. The van der Waals surface area contributed by atoms with Crippen LogP contribution < -0.4 is 0 Å². The molecule has 1 N–H and O–H groups in total. The minimum atomic E-state index is -0.971. The highest BCUT2D eigenvalue weighted by Gasteiger charge is 2.71. The molecule has 2 aliphatic rings. The van der Waals surface area contributed by atoms with Crippen LogP contribution in [0, 0.1) is 5.41 Å². The van der Waals surface area contributed by atoms with E-state index in [9.17, 15) is 14.7 Å². The summed E-state index contributed by atoms with van der Waals surface area (Å²) in [6.45, 7) is 6.09. The first-order valence-corrected chi connectivity index (χ1v) is 9.53. The van der Waals surface area contributed by atoms with Crippen molar-refractivity contribution >= 4 is 35.5 Å². The molecule has 0 aromatic heterocycles. The van der Waals surface area contributed by atoms with Gasteiger partial charge in [0, 0.05) is 23.9 Å². The van der Waals surface area contributed by atoms with Crippen molar-refractivity contribution in [3.05, 3.63) is 33.8 Å². The van der Waals surface area contributed by atoms with Crippen LogP contribution in [0.4, 0.5) is 9.59 Å². The Hall–Kier alpha value is -1.66. The zero-order valence-electron chi connectivity index (χ0n) is 15.6. The van der Waals surface area contributed by atoms with Crippen molar-refractivity contribution in [2.24, 2.45) is 5.41 Å². The largest absolute Gasteiger partial charge is 0.508 e.